The first kappa shape index (κ1) is 21.1. The Bertz CT molecular complexity index is 1160. The topological polar surface area (TPSA) is 89.4 Å². The number of benzene rings is 2. The van der Waals surface area contributed by atoms with Crippen molar-refractivity contribution in [2.45, 2.75) is 13.5 Å². The van der Waals surface area contributed by atoms with Gasteiger partial charge < -0.3 is 19.9 Å². The van der Waals surface area contributed by atoms with Gasteiger partial charge in [0.1, 0.15) is 5.75 Å². The third-order valence-corrected chi connectivity index (χ3v) is 4.68. The molecule has 2 N–H and O–H groups in total. The summed E-state index contributed by atoms with van der Waals surface area (Å²) < 4.78 is 6.70. The summed E-state index contributed by atoms with van der Waals surface area (Å²) in [5.41, 5.74) is 1.70. The highest BCUT2D eigenvalue weighted by atomic mass is 35.5. The third-order valence-electron chi connectivity index (χ3n) is 4.31. The molecule has 2 amide bonds. The van der Waals surface area contributed by atoms with E-state index in [1.807, 2.05) is 12.1 Å². The first-order chi connectivity index (χ1) is 14.4. The van der Waals surface area contributed by atoms with Crippen LogP contribution in [0.15, 0.2) is 65.6 Å². The van der Waals surface area contributed by atoms with E-state index in [-0.39, 0.29) is 23.6 Å². The number of hydrogen-bond donors (Lipinski definition) is 2. The number of pyridine rings is 1. The number of amides is 2. The van der Waals surface area contributed by atoms with E-state index in [2.05, 4.69) is 10.6 Å². The molecule has 1 heterocycles. The maximum atomic E-state index is 12.8. The highest BCUT2D eigenvalue weighted by molar-refractivity contribution is 6.31. The summed E-state index contributed by atoms with van der Waals surface area (Å²) in [5.74, 6) is -0.230. The standard InChI is InChI=1S/C22H20ClN3O4/c1-14(27)24-17-8-9-20(30-2)19(11-17)25-22(29)16-7-10-21(28)26(13-16)12-15-5-3-4-6-18(15)23/h3-11,13H,12H2,1-2H3,(H,24,27)(H,25,29). The maximum absolute atomic E-state index is 12.8. The lowest BCUT2D eigenvalue weighted by Gasteiger charge is -2.13. The van der Waals surface area contributed by atoms with Crippen molar-refractivity contribution in [2.75, 3.05) is 17.7 Å². The molecule has 0 spiro atoms. The van der Waals surface area contributed by atoms with E-state index in [1.54, 1.807) is 30.3 Å². The third kappa shape index (κ3) is 5.07. The Morgan fingerprint density at radius 2 is 1.83 bits per heavy atom. The number of carbonyl (C=O) groups is 2. The second-order valence-corrected chi connectivity index (χ2v) is 6.93. The van der Waals surface area contributed by atoms with Crippen molar-refractivity contribution in [3.8, 4) is 5.75 Å². The molecule has 0 aliphatic rings. The number of carbonyl (C=O) groups excluding carboxylic acids is 2. The number of aromatic nitrogens is 1. The average Bonchev–Trinajstić information content (AvgIpc) is 2.71. The molecule has 0 unspecified atom stereocenters. The molecule has 30 heavy (non-hydrogen) atoms. The van der Waals surface area contributed by atoms with Gasteiger partial charge in [0.25, 0.3) is 11.5 Å². The molecule has 0 saturated carbocycles. The number of rotatable bonds is 6. The summed E-state index contributed by atoms with van der Waals surface area (Å²) in [6.07, 6.45) is 1.48. The first-order valence-corrected chi connectivity index (χ1v) is 9.46. The summed E-state index contributed by atoms with van der Waals surface area (Å²) in [7, 11) is 1.48. The van der Waals surface area contributed by atoms with Crippen molar-refractivity contribution < 1.29 is 14.3 Å². The van der Waals surface area contributed by atoms with Gasteiger partial charge in [-0.15, -0.1) is 0 Å². The second-order valence-electron chi connectivity index (χ2n) is 6.53. The van der Waals surface area contributed by atoms with Crippen molar-refractivity contribution in [1.29, 1.82) is 0 Å². The lowest BCUT2D eigenvalue weighted by molar-refractivity contribution is -0.114. The van der Waals surface area contributed by atoms with Gasteiger partial charge in [0.15, 0.2) is 0 Å². The summed E-state index contributed by atoms with van der Waals surface area (Å²) in [6.45, 7) is 1.63. The van der Waals surface area contributed by atoms with E-state index in [9.17, 15) is 14.4 Å². The summed E-state index contributed by atoms with van der Waals surface area (Å²) in [6, 6.07) is 14.9. The van der Waals surface area contributed by atoms with E-state index < -0.39 is 5.91 Å². The van der Waals surface area contributed by atoms with Gasteiger partial charge in [-0.1, -0.05) is 29.8 Å². The van der Waals surface area contributed by atoms with Crippen molar-refractivity contribution >= 4 is 34.8 Å². The Morgan fingerprint density at radius 3 is 2.53 bits per heavy atom. The molecule has 0 fully saturated rings. The summed E-state index contributed by atoms with van der Waals surface area (Å²) >= 11 is 6.18. The molecule has 0 atom stereocenters. The molecule has 8 heteroatoms. The van der Waals surface area contributed by atoms with Crippen LogP contribution in [-0.2, 0) is 11.3 Å². The quantitative estimate of drug-likeness (QED) is 0.629. The van der Waals surface area contributed by atoms with Gasteiger partial charge in [-0.25, -0.2) is 0 Å². The number of halogens is 1. The lowest BCUT2D eigenvalue weighted by Crippen LogP contribution is -2.22. The fourth-order valence-electron chi connectivity index (χ4n) is 2.88. The molecule has 154 valence electrons. The molecular weight excluding hydrogens is 406 g/mol. The van der Waals surface area contributed by atoms with Gasteiger partial charge in [-0.2, -0.15) is 0 Å². The minimum absolute atomic E-state index is 0.232. The van der Waals surface area contributed by atoms with Crippen LogP contribution in [0.3, 0.4) is 0 Å². The van der Waals surface area contributed by atoms with Crippen LogP contribution in [0.2, 0.25) is 5.02 Å². The van der Waals surface area contributed by atoms with Gasteiger partial charge in [0.2, 0.25) is 5.91 Å². The number of hydrogen-bond acceptors (Lipinski definition) is 4. The summed E-state index contributed by atoms with van der Waals surface area (Å²) in [4.78, 5) is 36.3. The number of nitrogens with zero attached hydrogens (tertiary/aromatic N) is 1. The molecular formula is C22H20ClN3O4. The molecule has 2 aromatic carbocycles. The predicted octanol–water partition coefficient (Wildman–Crippen LogP) is 3.77. The van der Waals surface area contributed by atoms with Crippen molar-refractivity contribution in [3.63, 3.8) is 0 Å². The van der Waals surface area contributed by atoms with Crippen LogP contribution in [-0.4, -0.2) is 23.5 Å². The normalized spacial score (nSPS) is 10.4. The minimum atomic E-state index is -0.429. The van der Waals surface area contributed by atoms with Crippen LogP contribution in [0.1, 0.15) is 22.8 Å². The van der Waals surface area contributed by atoms with Crippen molar-refractivity contribution in [1.82, 2.24) is 4.57 Å². The highest BCUT2D eigenvalue weighted by Gasteiger charge is 2.13. The Morgan fingerprint density at radius 1 is 1.07 bits per heavy atom. The summed E-state index contributed by atoms with van der Waals surface area (Å²) in [5, 5.41) is 5.95. The van der Waals surface area contributed by atoms with Crippen LogP contribution in [0.4, 0.5) is 11.4 Å². The van der Waals surface area contributed by atoms with Gasteiger partial charge >= 0.3 is 0 Å². The minimum Gasteiger partial charge on any atom is -0.495 e. The monoisotopic (exact) mass is 425 g/mol. The Balaban J connectivity index is 1.86. The van der Waals surface area contributed by atoms with Crippen LogP contribution in [0.25, 0.3) is 0 Å². The highest BCUT2D eigenvalue weighted by Crippen LogP contribution is 2.28. The van der Waals surface area contributed by atoms with Crippen LogP contribution in [0, 0.1) is 0 Å². The number of methoxy groups -OCH3 is 1. The Labute approximate surface area is 178 Å². The zero-order valence-corrected chi connectivity index (χ0v) is 17.2. The SMILES string of the molecule is COc1ccc(NC(C)=O)cc1NC(=O)c1ccc(=O)n(Cc2ccccc2Cl)c1. The van der Waals surface area contributed by atoms with Gasteiger partial charge in [-0.3, -0.25) is 14.4 Å². The van der Waals surface area contributed by atoms with E-state index in [4.69, 9.17) is 16.3 Å². The molecule has 7 nitrogen and oxygen atoms in total. The second kappa shape index (κ2) is 9.28. The van der Waals surface area contributed by atoms with E-state index in [0.717, 1.165) is 5.56 Å². The van der Waals surface area contributed by atoms with Gasteiger partial charge in [0, 0.05) is 29.9 Å². The lowest BCUT2D eigenvalue weighted by atomic mass is 10.2. The predicted molar refractivity (Wildman–Crippen MR) is 117 cm³/mol. The first-order valence-electron chi connectivity index (χ1n) is 9.08. The van der Waals surface area contributed by atoms with Crippen LogP contribution in [0.5, 0.6) is 5.75 Å². The van der Waals surface area contributed by atoms with E-state index in [1.165, 1.54) is 36.9 Å². The molecule has 1 aromatic heterocycles. The maximum Gasteiger partial charge on any atom is 0.257 e. The van der Waals surface area contributed by atoms with E-state index in [0.29, 0.717) is 22.1 Å². The number of nitrogens with one attached hydrogen (secondary N) is 2. The molecule has 0 aliphatic heterocycles. The molecule has 0 radical (unpaired) electrons. The number of anilines is 2. The molecule has 0 aliphatic carbocycles. The fourth-order valence-corrected chi connectivity index (χ4v) is 3.08. The Hall–Kier alpha value is -3.58. The molecule has 3 aromatic rings. The zero-order chi connectivity index (χ0) is 21.7. The van der Waals surface area contributed by atoms with Crippen LogP contribution >= 0.6 is 11.6 Å². The average molecular weight is 426 g/mol. The van der Waals surface area contributed by atoms with Gasteiger partial charge in [-0.05, 0) is 35.9 Å². The van der Waals surface area contributed by atoms with Crippen LogP contribution < -0.4 is 20.9 Å². The molecule has 0 saturated heterocycles. The van der Waals surface area contributed by atoms with Gasteiger partial charge in [0.05, 0.1) is 24.9 Å². The number of ether oxygens (including phenoxy) is 1. The fraction of sp³-hybridized carbons (Fsp3) is 0.136. The van der Waals surface area contributed by atoms with E-state index >= 15 is 0 Å². The largest absolute Gasteiger partial charge is 0.495 e. The zero-order valence-electron chi connectivity index (χ0n) is 16.4. The molecule has 3 rings (SSSR count). The smallest absolute Gasteiger partial charge is 0.257 e. The van der Waals surface area contributed by atoms with Crippen molar-refractivity contribution in [3.05, 3.63) is 87.3 Å². The van der Waals surface area contributed by atoms with Crippen molar-refractivity contribution in [2.24, 2.45) is 0 Å². The Kier molecular flexibility index (Phi) is 6.54. The molecule has 0 bridgehead atoms.